The summed E-state index contributed by atoms with van der Waals surface area (Å²) < 4.78 is 5.42. The number of rotatable bonds is 2. The van der Waals surface area contributed by atoms with E-state index >= 15 is 0 Å². The van der Waals surface area contributed by atoms with E-state index in [-0.39, 0.29) is 12.4 Å². The Morgan fingerprint density at radius 2 is 2.16 bits per heavy atom. The Bertz CT molecular complexity index is 565. The number of hydrogen-bond acceptors (Lipinski definition) is 5. The largest absolute Gasteiger partial charge is 0.339 e. The molecule has 2 fully saturated rings. The summed E-state index contributed by atoms with van der Waals surface area (Å²) in [5.74, 6) is 1.92. The third-order valence-corrected chi connectivity index (χ3v) is 4.14. The molecule has 2 aromatic heterocycles. The summed E-state index contributed by atoms with van der Waals surface area (Å²) in [7, 11) is 0. The quantitative estimate of drug-likeness (QED) is 0.910. The van der Waals surface area contributed by atoms with Crippen LogP contribution in [0.5, 0.6) is 0 Å². The summed E-state index contributed by atoms with van der Waals surface area (Å²) in [5.41, 5.74) is 1.36. The van der Waals surface area contributed by atoms with Gasteiger partial charge in [-0.3, -0.25) is 4.98 Å². The van der Waals surface area contributed by atoms with Crippen molar-refractivity contribution < 1.29 is 4.52 Å². The minimum Gasteiger partial charge on any atom is -0.339 e. The molecule has 6 heteroatoms. The van der Waals surface area contributed by atoms with E-state index in [0.29, 0.717) is 17.2 Å². The van der Waals surface area contributed by atoms with Gasteiger partial charge >= 0.3 is 0 Å². The van der Waals surface area contributed by atoms with Gasteiger partial charge in [0.25, 0.3) is 0 Å². The van der Waals surface area contributed by atoms with Crippen LogP contribution >= 0.6 is 12.4 Å². The van der Waals surface area contributed by atoms with E-state index in [9.17, 15) is 0 Å². The van der Waals surface area contributed by atoms with Gasteiger partial charge in [0.15, 0.2) is 0 Å². The monoisotopic (exact) mass is 278 g/mol. The van der Waals surface area contributed by atoms with Crippen molar-refractivity contribution in [2.45, 2.75) is 18.8 Å². The summed E-state index contributed by atoms with van der Waals surface area (Å²) in [5, 5.41) is 7.48. The normalized spacial score (nSPS) is 28.3. The molecule has 1 saturated heterocycles. The van der Waals surface area contributed by atoms with Gasteiger partial charge < -0.3 is 9.84 Å². The second kappa shape index (κ2) is 4.58. The third kappa shape index (κ3) is 2.03. The molecular formula is C13H15ClN4O. The summed E-state index contributed by atoms with van der Waals surface area (Å²) in [6.45, 7) is 2.20. The zero-order valence-corrected chi connectivity index (χ0v) is 11.2. The van der Waals surface area contributed by atoms with Crippen molar-refractivity contribution in [3.63, 3.8) is 0 Å². The van der Waals surface area contributed by atoms with Gasteiger partial charge in [0, 0.05) is 30.4 Å². The molecule has 2 atom stereocenters. The number of hydrogen-bond donors (Lipinski definition) is 1. The first kappa shape index (κ1) is 12.6. The highest BCUT2D eigenvalue weighted by atomic mass is 35.5. The van der Waals surface area contributed by atoms with E-state index in [1.807, 2.05) is 12.1 Å². The predicted octanol–water partition coefficient (Wildman–Crippen LogP) is 2.02. The van der Waals surface area contributed by atoms with E-state index in [1.54, 1.807) is 12.4 Å². The highest BCUT2D eigenvalue weighted by Crippen LogP contribution is 2.62. The zero-order chi connectivity index (χ0) is 12.0. The second-order valence-corrected chi connectivity index (χ2v) is 5.24. The Hall–Kier alpha value is -1.46. The molecule has 1 aliphatic carbocycles. The van der Waals surface area contributed by atoms with Crippen LogP contribution in [0.1, 0.15) is 24.7 Å². The lowest BCUT2D eigenvalue weighted by Crippen LogP contribution is -2.10. The van der Waals surface area contributed by atoms with E-state index in [4.69, 9.17) is 4.52 Å². The molecular weight excluding hydrogens is 264 g/mol. The van der Waals surface area contributed by atoms with Crippen LogP contribution in [0.15, 0.2) is 29.0 Å². The molecule has 1 saturated carbocycles. The smallest absolute Gasteiger partial charge is 0.230 e. The lowest BCUT2D eigenvalue weighted by Gasteiger charge is -2.02. The maximum atomic E-state index is 5.42. The van der Waals surface area contributed by atoms with Gasteiger partial charge in [-0.2, -0.15) is 4.98 Å². The molecule has 0 bridgehead atoms. The minimum atomic E-state index is 0. The molecule has 3 heterocycles. The van der Waals surface area contributed by atoms with Crippen LogP contribution in [0.25, 0.3) is 11.4 Å². The number of aromatic nitrogens is 3. The molecule has 2 aromatic rings. The summed E-state index contributed by atoms with van der Waals surface area (Å²) in [6, 6.07) is 3.79. The van der Waals surface area contributed by atoms with Gasteiger partial charge in [-0.25, -0.2) is 0 Å². The topological polar surface area (TPSA) is 63.8 Å². The first-order valence-corrected chi connectivity index (χ1v) is 6.32. The van der Waals surface area contributed by atoms with E-state index < -0.39 is 0 Å². The Kier molecular flexibility index (Phi) is 3.03. The van der Waals surface area contributed by atoms with Crippen molar-refractivity contribution in [2.75, 3.05) is 13.1 Å². The van der Waals surface area contributed by atoms with Gasteiger partial charge in [0.1, 0.15) is 0 Å². The van der Waals surface area contributed by atoms with Gasteiger partial charge in [0.05, 0.1) is 0 Å². The van der Waals surface area contributed by atoms with E-state index in [1.165, 1.54) is 12.8 Å². The molecule has 0 radical (unpaired) electrons. The van der Waals surface area contributed by atoms with Crippen LogP contribution < -0.4 is 5.32 Å². The molecule has 1 aliphatic heterocycles. The number of nitrogens with zero attached hydrogens (tertiary/aromatic N) is 3. The van der Waals surface area contributed by atoms with Crippen LogP contribution in [-0.2, 0) is 0 Å². The molecule has 2 unspecified atom stereocenters. The lowest BCUT2D eigenvalue weighted by atomic mass is 10.0. The van der Waals surface area contributed by atoms with Gasteiger partial charge in [-0.15, -0.1) is 12.4 Å². The highest BCUT2D eigenvalue weighted by Gasteiger charge is 2.58. The van der Waals surface area contributed by atoms with Crippen molar-refractivity contribution in [3.8, 4) is 11.4 Å². The van der Waals surface area contributed by atoms with Crippen molar-refractivity contribution in [1.82, 2.24) is 20.4 Å². The molecule has 5 nitrogen and oxygen atoms in total. The van der Waals surface area contributed by atoms with Gasteiger partial charge in [0.2, 0.25) is 11.7 Å². The fourth-order valence-electron chi connectivity index (χ4n) is 2.93. The molecule has 1 spiro atoms. The van der Waals surface area contributed by atoms with Crippen molar-refractivity contribution >= 4 is 12.4 Å². The molecule has 0 amide bonds. The van der Waals surface area contributed by atoms with Gasteiger partial charge in [-0.1, -0.05) is 5.16 Å². The molecule has 19 heavy (non-hydrogen) atoms. The summed E-state index contributed by atoms with van der Waals surface area (Å²) >= 11 is 0. The molecule has 2 aliphatic rings. The van der Waals surface area contributed by atoms with Crippen LogP contribution in [0.2, 0.25) is 0 Å². The average molecular weight is 279 g/mol. The number of nitrogens with one attached hydrogen (secondary N) is 1. The van der Waals surface area contributed by atoms with E-state index in [0.717, 1.165) is 24.5 Å². The van der Waals surface area contributed by atoms with Gasteiger partial charge in [-0.05, 0) is 36.9 Å². The zero-order valence-electron chi connectivity index (χ0n) is 10.4. The van der Waals surface area contributed by atoms with Crippen molar-refractivity contribution in [3.05, 3.63) is 30.4 Å². The van der Waals surface area contributed by atoms with Crippen molar-refractivity contribution in [1.29, 1.82) is 0 Å². The van der Waals surface area contributed by atoms with Crippen LogP contribution in [0.4, 0.5) is 0 Å². The molecule has 0 aromatic carbocycles. The van der Waals surface area contributed by atoms with Crippen molar-refractivity contribution in [2.24, 2.45) is 5.41 Å². The number of pyridine rings is 1. The van der Waals surface area contributed by atoms with Crippen LogP contribution in [-0.4, -0.2) is 28.2 Å². The number of halogens is 1. The SMILES string of the molecule is Cl.c1cc(-c2noc(C3CC34CCNC4)n2)ccn1. The Balaban J connectivity index is 0.00000110. The molecule has 1 N–H and O–H groups in total. The Morgan fingerprint density at radius 1 is 1.32 bits per heavy atom. The fourth-order valence-corrected chi connectivity index (χ4v) is 2.93. The average Bonchev–Trinajstić information content (AvgIpc) is 2.82. The second-order valence-electron chi connectivity index (χ2n) is 5.24. The molecule has 4 rings (SSSR count). The van der Waals surface area contributed by atoms with E-state index in [2.05, 4.69) is 20.4 Å². The standard InChI is InChI=1S/C13H14N4O.ClH/c1-4-14-5-2-9(1)11-16-12(18-17-11)10-7-13(10)3-6-15-8-13;/h1-2,4-5,10,15H,3,6-8H2;1H. The summed E-state index contributed by atoms with van der Waals surface area (Å²) in [4.78, 5) is 8.52. The summed E-state index contributed by atoms with van der Waals surface area (Å²) in [6.07, 6.45) is 5.89. The predicted molar refractivity (Wildman–Crippen MR) is 72.1 cm³/mol. The van der Waals surface area contributed by atoms with Crippen LogP contribution in [0, 0.1) is 5.41 Å². The first-order chi connectivity index (χ1) is 8.87. The third-order valence-electron chi connectivity index (χ3n) is 4.14. The first-order valence-electron chi connectivity index (χ1n) is 6.32. The highest BCUT2D eigenvalue weighted by molar-refractivity contribution is 5.85. The maximum absolute atomic E-state index is 5.42. The maximum Gasteiger partial charge on any atom is 0.230 e. The lowest BCUT2D eigenvalue weighted by molar-refractivity contribution is 0.364. The van der Waals surface area contributed by atoms with Crippen LogP contribution in [0.3, 0.4) is 0 Å². The Labute approximate surface area is 117 Å². The molecule has 100 valence electrons. The minimum absolute atomic E-state index is 0. The fraction of sp³-hybridized carbons (Fsp3) is 0.462. The Morgan fingerprint density at radius 3 is 2.89 bits per heavy atom.